The topological polar surface area (TPSA) is 43.1 Å². The maximum atomic E-state index is 9.95. The molecule has 66 valence electrons. The molecular formula is C9H6BrNO2. The van der Waals surface area contributed by atoms with Crippen molar-refractivity contribution in [2.24, 2.45) is 0 Å². The minimum Gasteiger partial charge on any atom is -0.264 e. The van der Waals surface area contributed by atoms with Gasteiger partial charge in [0.15, 0.2) is 0 Å². The van der Waals surface area contributed by atoms with Crippen LogP contribution < -0.4 is 0 Å². The molecule has 0 atom stereocenters. The maximum absolute atomic E-state index is 9.95. The molecule has 13 heavy (non-hydrogen) atoms. The largest absolute Gasteiger partial charge is 0.264 e. The van der Waals surface area contributed by atoms with E-state index in [9.17, 15) is 10.1 Å². The van der Waals surface area contributed by atoms with E-state index in [-0.39, 0.29) is 6.54 Å². The van der Waals surface area contributed by atoms with Crippen LogP contribution in [-0.4, -0.2) is 11.5 Å². The molecular weight excluding hydrogens is 234 g/mol. The Hall–Kier alpha value is -1.34. The lowest BCUT2D eigenvalue weighted by Gasteiger charge is -1.89. The minimum atomic E-state index is -0.453. The van der Waals surface area contributed by atoms with Crippen molar-refractivity contribution in [3.05, 3.63) is 44.4 Å². The van der Waals surface area contributed by atoms with Gasteiger partial charge in [-0.1, -0.05) is 27.9 Å². The van der Waals surface area contributed by atoms with E-state index in [0.29, 0.717) is 0 Å². The smallest absolute Gasteiger partial charge is 0.263 e. The Morgan fingerprint density at radius 3 is 2.92 bits per heavy atom. The van der Waals surface area contributed by atoms with Crippen LogP contribution in [0.4, 0.5) is 0 Å². The number of hydrogen-bond acceptors (Lipinski definition) is 2. The number of halogens is 1. The molecule has 0 saturated carbocycles. The molecule has 0 amide bonds. The standard InChI is InChI=1S/C9H6BrNO2/c10-9-5-1-3-8(7-9)4-2-6-11(12)13/h1,3,5,7H,6H2. The first-order valence-electron chi connectivity index (χ1n) is 3.55. The average molecular weight is 240 g/mol. The van der Waals surface area contributed by atoms with Crippen LogP contribution in [0, 0.1) is 22.0 Å². The van der Waals surface area contributed by atoms with Crippen LogP contribution in [0.15, 0.2) is 28.7 Å². The Bertz CT molecular complexity index is 379. The lowest BCUT2D eigenvalue weighted by Crippen LogP contribution is -1.96. The Kier molecular flexibility index (Phi) is 3.47. The van der Waals surface area contributed by atoms with Crippen molar-refractivity contribution in [2.45, 2.75) is 0 Å². The molecule has 0 spiro atoms. The summed E-state index contributed by atoms with van der Waals surface area (Å²) in [5, 5.41) is 9.95. The molecule has 0 heterocycles. The minimum absolute atomic E-state index is 0.313. The second kappa shape index (κ2) is 4.63. The number of rotatable bonds is 1. The number of benzene rings is 1. The van der Waals surface area contributed by atoms with Gasteiger partial charge in [0, 0.05) is 15.0 Å². The number of nitrogens with zero attached hydrogens (tertiary/aromatic N) is 1. The van der Waals surface area contributed by atoms with Crippen molar-refractivity contribution in [3.63, 3.8) is 0 Å². The van der Waals surface area contributed by atoms with Crippen molar-refractivity contribution in [3.8, 4) is 11.8 Å². The molecule has 0 aliphatic heterocycles. The normalized spacial score (nSPS) is 8.69. The van der Waals surface area contributed by atoms with Gasteiger partial charge in [0.05, 0.1) is 0 Å². The van der Waals surface area contributed by atoms with E-state index < -0.39 is 4.92 Å². The van der Waals surface area contributed by atoms with E-state index in [0.717, 1.165) is 10.0 Å². The highest BCUT2D eigenvalue weighted by Crippen LogP contribution is 2.10. The zero-order chi connectivity index (χ0) is 9.68. The number of nitro groups is 1. The molecule has 0 aromatic heterocycles. The summed E-state index contributed by atoms with van der Waals surface area (Å²) in [6, 6.07) is 7.32. The predicted molar refractivity (Wildman–Crippen MR) is 52.9 cm³/mol. The van der Waals surface area contributed by atoms with Gasteiger partial charge in [-0.05, 0) is 24.1 Å². The van der Waals surface area contributed by atoms with Gasteiger partial charge in [-0.3, -0.25) is 10.1 Å². The van der Waals surface area contributed by atoms with Crippen molar-refractivity contribution in [2.75, 3.05) is 6.54 Å². The van der Waals surface area contributed by atoms with Crippen molar-refractivity contribution in [1.82, 2.24) is 0 Å². The summed E-state index contributed by atoms with van der Waals surface area (Å²) in [6.07, 6.45) is 0. The molecule has 1 rings (SSSR count). The van der Waals surface area contributed by atoms with Crippen LogP contribution in [0.25, 0.3) is 0 Å². The lowest BCUT2D eigenvalue weighted by molar-refractivity contribution is -0.466. The molecule has 0 fully saturated rings. The highest BCUT2D eigenvalue weighted by Gasteiger charge is 1.89. The third-order valence-corrected chi connectivity index (χ3v) is 1.76. The second-order valence-electron chi connectivity index (χ2n) is 2.30. The molecule has 0 aliphatic rings. The molecule has 0 saturated heterocycles. The molecule has 1 aromatic carbocycles. The SMILES string of the molecule is O=[N+]([O-])CC#Cc1cccc(Br)c1. The fourth-order valence-electron chi connectivity index (χ4n) is 0.772. The Morgan fingerprint density at radius 2 is 2.31 bits per heavy atom. The van der Waals surface area contributed by atoms with Crippen LogP contribution >= 0.6 is 15.9 Å². The third-order valence-electron chi connectivity index (χ3n) is 1.27. The molecule has 3 nitrogen and oxygen atoms in total. The zero-order valence-electron chi connectivity index (χ0n) is 6.66. The molecule has 1 aromatic rings. The van der Waals surface area contributed by atoms with E-state index in [1.54, 1.807) is 6.07 Å². The highest BCUT2D eigenvalue weighted by atomic mass is 79.9. The predicted octanol–water partition coefficient (Wildman–Crippen LogP) is 2.08. The van der Waals surface area contributed by atoms with Crippen LogP contribution in [-0.2, 0) is 0 Å². The molecule has 4 heteroatoms. The fraction of sp³-hybridized carbons (Fsp3) is 0.111. The maximum Gasteiger partial charge on any atom is 0.263 e. The summed E-state index contributed by atoms with van der Waals surface area (Å²) < 4.78 is 0.917. The molecule has 0 radical (unpaired) electrons. The van der Waals surface area contributed by atoms with Gasteiger partial charge in [-0.25, -0.2) is 0 Å². The van der Waals surface area contributed by atoms with Gasteiger partial charge in [0.2, 0.25) is 0 Å². The van der Waals surface area contributed by atoms with Gasteiger partial charge in [-0.2, -0.15) is 0 Å². The summed E-state index contributed by atoms with van der Waals surface area (Å²) in [6.45, 7) is -0.313. The van der Waals surface area contributed by atoms with E-state index in [2.05, 4.69) is 27.8 Å². The first-order chi connectivity index (χ1) is 6.18. The quantitative estimate of drug-likeness (QED) is 0.428. The van der Waals surface area contributed by atoms with E-state index in [4.69, 9.17) is 0 Å². The monoisotopic (exact) mass is 239 g/mol. The summed E-state index contributed by atoms with van der Waals surface area (Å²) in [5.74, 6) is 5.15. The van der Waals surface area contributed by atoms with Crippen molar-refractivity contribution < 1.29 is 4.92 Å². The van der Waals surface area contributed by atoms with Crippen LogP contribution in [0.3, 0.4) is 0 Å². The van der Waals surface area contributed by atoms with E-state index >= 15 is 0 Å². The van der Waals surface area contributed by atoms with Crippen LogP contribution in [0.2, 0.25) is 0 Å². The summed E-state index contributed by atoms with van der Waals surface area (Å²) >= 11 is 3.28. The van der Waals surface area contributed by atoms with Gasteiger partial charge in [-0.15, -0.1) is 0 Å². The Morgan fingerprint density at radius 1 is 1.54 bits per heavy atom. The molecule has 0 unspecified atom stereocenters. The van der Waals surface area contributed by atoms with Crippen molar-refractivity contribution in [1.29, 1.82) is 0 Å². The first kappa shape index (κ1) is 9.75. The van der Waals surface area contributed by atoms with E-state index in [1.165, 1.54) is 0 Å². The van der Waals surface area contributed by atoms with Gasteiger partial charge < -0.3 is 0 Å². The lowest BCUT2D eigenvalue weighted by atomic mass is 10.2. The molecule has 0 N–H and O–H groups in total. The highest BCUT2D eigenvalue weighted by molar-refractivity contribution is 9.10. The second-order valence-corrected chi connectivity index (χ2v) is 3.22. The average Bonchev–Trinajstić information content (AvgIpc) is 2.03. The molecule has 0 aliphatic carbocycles. The van der Waals surface area contributed by atoms with Crippen LogP contribution in [0.5, 0.6) is 0 Å². The Balaban J connectivity index is 2.72. The molecule has 0 bridgehead atoms. The van der Waals surface area contributed by atoms with Gasteiger partial charge in [0.1, 0.15) is 0 Å². The summed E-state index contributed by atoms with van der Waals surface area (Å²) in [7, 11) is 0. The first-order valence-corrected chi connectivity index (χ1v) is 4.34. The van der Waals surface area contributed by atoms with Gasteiger partial charge in [0.25, 0.3) is 6.54 Å². The summed E-state index contributed by atoms with van der Waals surface area (Å²) in [5.41, 5.74) is 0.774. The third kappa shape index (κ3) is 3.72. The fourth-order valence-corrected chi connectivity index (χ4v) is 1.17. The van der Waals surface area contributed by atoms with Crippen LogP contribution in [0.1, 0.15) is 5.56 Å². The number of hydrogen-bond donors (Lipinski definition) is 0. The van der Waals surface area contributed by atoms with E-state index in [1.807, 2.05) is 18.2 Å². The van der Waals surface area contributed by atoms with Crippen molar-refractivity contribution >= 4 is 15.9 Å². The summed E-state index contributed by atoms with van der Waals surface area (Å²) in [4.78, 5) is 9.50. The Labute approximate surface area is 84.0 Å². The zero-order valence-corrected chi connectivity index (χ0v) is 8.24. The van der Waals surface area contributed by atoms with Gasteiger partial charge >= 0.3 is 0 Å².